The highest BCUT2D eigenvalue weighted by Gasteiger charge is 2.17. The Morgan fingerprint density at radius 1 is 1.40 bits per heavy atom. The average Bonchev–Trinajstić information content (AvgIpc) is 2.84. The topological polar surface area (TPSA) is 26.3 Å². The monoisotopic (exact) mass is 242 g/mol. The summed E-state index contributed by atoms with van der Waals surface area (Å²) in [5, 5.41) is 2.21. The van der Waals surface area contributed by atoms with Crippen LogP contribution >= 0.6 is 22.7 Å². The van der Waals surface area contributed by atoms with Crippen LogP contribution in [0.1, 0.15) is 14.5 Å². The maximum absolute atomic E-state index is 13.1. The van der Waals surface area contributed by atoms with Gasteiger partial charge in [0.2, 0.25) is 5.78 Å². The number of hydrogen-bond acceptors (Lipinski definition) is 4. The molecule has 0 aliphatic rings. The van der Waals surface area contributed by atoms with E-state index < -0.39 is 5.82 Å². The highest BCUT2D eigenvalue weighted by molar-refractivity contribution is 7.18. The molecule has 0 radical (unpaired) electrons. The first-order chi connectivity index (χ1) is 7.22. The van der Waals surface area contributed by atoms with Gasteiger partial charge in [-0.05, 0) is 23.6 Å². The first-order valence-corrected chi connectivity index (χ1v) is 5.83. The van der Waals surface area contributed by atoms with E-state index in [1.54, 1.807) is 17.5 Å². The number of ketones is 1. The molecule has 0 atom stereocenters. The van der Waals surface area contributed by atoms with Crippen LogP contribution in [0, 0.1) is 5.82 Å². The highest BCUT2D eigenvalue weighted by atomic mass is 32.1. The molecule has 0 amide bonds. The number of carbonyl (C=O) groups excluding carboxylic acids is 1. The molecule has 15 heavy (non-hydrogen) atoms. The van der Waals surface area contributed by atoms with Crippen LogP contribution in [0.3, 0.4) is 0 Å². The Kier molecular flexibility index (Phi) is 2.83. The normalized spacial score (nSPS) is 10.3. The maximum atomic E-state index is 13.1. The zero-order valence-electron chi connectivity index (χ0n) is 7.82. The third-order valence-corrected chi connectivity index (χ3v) is 3.76. The second kappa shape index (κ2) is 4.12. The molecule has 0 saturated carbocycles. The van der Waals surface area contributed by atoms with E-state index in [1.807, 2.05) is 0 Å². The Labute approximate surface area is 93.9 Å². The van der Waals surface area contributed by atoms with Crippen LogP contribution < -0.4 is 4.74 Å². The highest BCUT2D eigenvalue weighted by Crippen LogP contribution is 2.28. The van der Waals surface area contributed by atoms with Gasteiger partial charge < -0.3 is 4.74 Å². The molecule has 2 aromatic rings. The summed E-state index contributed by atoms with van der Waals surface area (Å²) in [6.45, 7) is 0. The molecule has 2 nitrogen and oxygen atoms in total. The predicted molar refractivity (Wildman–Crippen MR) is 58.6 cm³/mol. The van der Waals surface area contributed by atoms with Crippen LogP contribution in [0.2, 0.25) is 0 Å². The molecule has 0 fully saturated rings. The van der Waals surface area contributed by atoms with Crippen molar-refractivity contribution in [2.75, 3.05) is 7.11 Å². The van der Waals surface area contributed by atoms with E-state index in [0.717, 1.165) is 11.3 Å². The Morgan fingerprint density at radius 3 is 2.73 bits per heavy atom. The molecule has 2 rings (SSSR count). The molecule has 0 unspecified atom stereocenters. The van der Waals surface area contributed by atoms with Crippen molar-refractivity contribution in [3.05, 3.63) is 39.2 Å². The van der Waals surface area contributed by atoms with Crippen LogP contribution in [0.25, 0.3) is 0 Å². The second-order valence-corrected chi connectivity index (χ2v) is 4.71. The van der Waals surface area contributed by atoms with Crippen molar-refractivity contribution in [1.82, 2.24) is 0 Å². The minimum Gasteiger partial charge on any atom is -0.487 e. The smallest absolute Gasteiger partial charge is 0.215 e. The SMILES string of the molecule is COc1ccc(C(=O)c2sccc2F)s1. The molecule has 0 N–H and O–H groups in total. The quantitative estimate of drug-likeness (QED) is 0.773. The van der Waals surface area contributed by atoms with E-state index in [1.165, 1.54) is 24.5 Å². The van der Waals surface area contributed by atoms with Gasteiger partial charge in [0.25, 0.3) is 0 Å². The van der Waals surface area contributed by atoms with Gasteiger partial charge in [0, 0.05) is 0 Å². The van der Waals surface area contributed by atoms with Crippen LogP contribution in [-0.2, 0) is 0 Å². The molecular weight excluding hydrogens is 235 g/mol. The van der Waals surface area contributed by atoms with Gasteiger partial charge in [0.15, 0.2) is 5.06 Å². The van der Waals surface area contributed by atoms with Gasteiger partial charge in [-0.2, -0.15) is 0 Å². The maximum Gasteiger partial charge on any atom is 0.215 e. The van der Waals surface area contributed by atoms with Crippen LogP contribution in [0.4, 0.5) is 4.39 Å². The zero-order valence-corrected chi connectivity index (χ0v) is 9.45. The fraction of sp³-hybridized carbons (Fsp3) is 0.100. The van der Waals surface area contributed by atoms with E-state index in [4.69, 9.17) is 4.74 Å². The van der Waals surface area contributed by atoms with Gasteiger partial charge in [0.05, 0.1) is 12.0 Å². The number of ether oxygens (including phenoxy) is 1. The van der Waals surface area contributed by atoms with Crippen molar-refractivity contribution in [2.45, 2.75) is 0 Å². The lowest BCUT2D eigenvalue weighted by Gasteiger charge is -1.93. The lowest BCUT2D eigenvalue weighted by molar-refractivity contribution is 0.104. The molecule has 0 spiro atoms. The summed E-state index contributed by atoms with van der Waals surface area (Å²) in [7, 11) is 1.53. The van der Waals surface area contributed by atoms with E-state index in [2.05, 4.69) is 0 Å². The fourth-order valence-corrected chi connectivity index (χ4v) is 2.67. The minimum absolute atomic E-state index is 0.152. The summed E-state index contributed by atoms with van der Waals surface area (Å²) in [5.41, 5.74) is 0. The molecule has 0 aliphatic carbocycles. The summed E-state index contributed by atoms with van der Waals surface area (Å²) < 4.78 is 18.1. The molecule has 5 heteroatoms. The van der Waals surface area contributed by atoms with Crippen molar-refractivity contribution >= 4 is 28.5 Å². The number of rotatable bonds is 3. The number of hydrogen-bond donors (Lipinski definition) is 0. The summed E-state index contributed by atoms with van der Waals surface area (Å²) in [6.07, 6.45) is 0. The second-order valence-electron chi connectivity index (χ2n) is 2.75. The number of halogens is 1. The van der Waals surface area contributed by atoms with Gasteiger partial charge in [0.1, 0.15) is 10.7 Å². The first-order valence-electron chi connectivity index (χ1n) is 4.14. The number of thiophene rings is 2. The molecule has 0 saturated heterocycles. The number of carbonyl (C=O) groups is 1. The van der Waals surface area contributed by atoms with Gasteiger partial charge in [-0.1, -0.05) is 11.3 Å². The lowest BCUT2D eigenvalue weighted by atomic mass is 10.2. The third kappa shape index (κ3) is 1.93. The van der Waals surface area contributed by atoms with Crippen LogP contribution in [0.15, 0.2) is 23.6 Å². The van der Waals surface area contributed by atoms with E-state index in [9.17, 15) is 9.18 Å². The van der Waals surface area contributed by atoms with Gasteiger partial charge >= 0.3 is 0 Å². The largest absolute Gasteiger partial charge is 0.487 e. The Balaban J connectivity index is 2.32. The van der Waals surface area contributed by atoms with Gasteiger partial charge in [-0.3, -0.25) is 4.79 Å². The third-order valence-electron chi connectivity index (χ3n) is 1.83. The Hall–Kier alpha value is -1.20. The van der Waals surface area contributed by atoms with E-state index >= 15 is 0 Å². The molecular formula is C10H7FO2S2. The fourth-order valence-electron chi connectivity index (χ4n) is 1.12. The first kappa shape index (κ1) is 10.3. The molecule has 78 valence electrons. The van der Waals surface area contributed by atoms with Crippen molar-refractivity contribution in [1.29, 1.82) is 0 Å². The zero-order chi connectivity index (χ0) is 10.8. The van der Waals surface area contributed by atoms with Crippen molar-refractivity contribution in [2.24, 2.45) is 0 Å². The Morgan fingerprint density at radius 2 is 2.20 bits per heavy atom. The van der Waals surface area contributed by atoms with Crippen molar-refractivity contribution in [3.63, 3.8) is 0 Å². The molecule has 0 aromatic carbocycles. The van der Waals surface area contributed by atoms with E-state index in [0.29, 0.717) is 9.94 Å². The number of methoxy groups -OCH3 is 1. The standard InChI is InChI=1S/C10H7FO2S2/c1-13-8-3-2-7(15-8)9(12)10-6(11)4-5-14-10/h2-5H,1H3. The average molecular weight is 242 g/mol. The summed E-state index contributed by atoms with van der Waals surface area (Å²) in [4.78, 5) is 12.4. The van der Waals surface area contributed by atoms with Crippen molar-refractivity contribution < 1.29 is 13.9 Å². The van der Waals surface area contributed by atoms with Gasteiger partial charge in [-0.15, -0.1) is 11.3 Å². The summed E-state index contributed by atoms with van der Waals surface area (Å²) in [5.74, 6) is -0.742. The minimum atomic E-state index is -0.461. The predicted octanol–water partition coefficient (Wildman–Crippen LogP) is 3.19. The van der Waals surface area contributed by atoms with Crippen LogP contribution in [-0.4, -0.2) is 12.9 Å². The Bertz CT molecular complexity index is 487. The molecule has 2 aromatic heterocycles. The lowest BCUT2D eigenvalue weighted by Crippen LogP contribution is -1.97. The molecule has 2 heterocycles. The van der Waals surface area contributed by atoms with E-state index in [-0.39, 0.29) is 10.7 Å². The molecule has 0 bridgehead atoms. The van der Waals surface area contributed by atoms with Gasteiger partial charge in [-0.25, -0.2) is 4.39 Å². The summed E-state index contributed by atoms with van der Waals surface area (Å²) >= 11 is 2.33. The molecule has 0 aliphatic heterocycles. The van der Waals surface area contributed by atoms with Crippen molar-refractivity contribution in [3.8, 4) is 5.06 Å². The van der Waals surface area contributed by atoms with Crippen LogP contribution in [0.5, 0.6) is 5.06 Å². The summed E-state index contributed by atoms with van der Waals surface area (Å²) in [6, 6.07) is 4.64.